The number of nitrogens with zero attached hydrogens (tertiary/aromatic N) is 2. The summed E-state index contributed by atoms with van der Waals surface area (Å²) < 4.78 is 6.24. The van der Waals surface area contributed by atoms with E-state index in [2.05, 4.69) is 20.9 Å². The number of aromatic nitrogens is 1. The molecule has 1 aliphatic rings. The third-order valence-electron chi connectivity index (χ3n) is 3.50. The maximum Gasteiger partial charge on any atom is 0.260 e. The summed E-state index contributed by atoms with van der Waals surface area (Å²) in [5.74, 6) is 1.26. The van der Waals surface area contributed by atoms with E-state index >= 15 is 0 Å². The Morgan fingerprint density at radius 2 is 2.14 bits per heavy atom. The van der Waals surface area contributed by atoms with E-state index in [1.54, 1.807) is 30.1 Å². The fraction of sp³-hybridized carbons (Fsp3) is 0.250. The van der Waals surface area contributed by atoms with Crippen LogP contribution in [0.5, 0.6) is 5.88 Å². The molecule has 22 heavy (non-hydrogen) atoms. The first kappa shape index (κ1) is 15.4. The number of thioether (sulfide) groups is 1. The Kier molecular flexibility index (Phi) is 4.69. The van der Waals surface area contributed by atoms with Gasteiger partial charge in [0.2, 0.25) is 5.88 Å². The molecule has 0 radical (unpaired) electrons. The van der Waals surface area contributed by atoms with Crippen LogP contribution in [0.2, 0.25) is 0 Å². The van der Waals surface area contributed by atoms with Crippen LogP contribution >= 0.6 is 27.7 Å². The topological polar surface area (TPSA) is 42.4 Å². The van der Waals surface area contributed by atoms with Gasteiger partial charge in [0.25, 0.3) is 5.91 Å². The van der Waals surface area contributed by atoms with Gasteiger partial charge in [-0.2, -0.15) is 0 Å². The van der Waals surface area contributed by atoms with Crippen molar-refractivity contribution in [1.29, 1.82) is 0 Å². The number of hydrogen-bond acceptors (Lipinski definition) is 4. The van der Waals surface area contributed by atoms with E-state index in [9.17, 15) is 4.79 Å². The highest BCUT2D eigenvalue weighted by Gasteiger charge is 2.32. The second kappa shape index (κ2) is 6.71. The molecular weight excluding hydrogens is 364 g/mol. The van der Waals surface area contributed by atoms with Crippen LogP contribution in [-0.4, -0.2) is 35.2 Å². The van der Waals surface area contributed by atoms with Gasteiger partial charge in [0.05, 0.1) is 7.11 Å². The van der Waals surface area contributed by atoms with Gasteiger partial charge in [0.1, 0.15) is 10.9 Å². The Bertz CT molecular complexity index is 678. The van der Waals surface area contributed by atoms with Crippen molar-refractivity contribution in [2.24, 2.45) is 0 Å². The highest BCUT2D eigenvalue weighted by Crippen LogP contribution is 2.39. The minimum absolute atomic E-state index is 0.0329. The van der Waals surface area contributed by atoms with E-state index in [-0.39, 0.29) is 11.3 Å². The lowest BCUT2D eigenvalue weighted by atomic mass is 10.1. The molecule has 2 heterocycles. The van der Waals surface area contributed by atoms with Crippen molar-refractivity contribution in [3.8, 4) is 5.88 Å². The van der Waals surface area contributed by atoms with Crippen molar-refractivity contribution in [3.63, 3.8) is 0 Å². The maximum absolute atomic E-state index is 12.9. The lowest BCUT2D eigenvalue weighted by Gasteiger charge is -2.24. The predicted octanol–water partition coefficient (Wildman–Crippen LogP) is 3.74. The summed E-state index contributed by atoms with van der Waals surface area (Å²) in [5, 5.41) is 0.0329. The Morgan fingerprint density at radius 1 is 1.36 bits per heavy atom. The number of benzene rings is 1. The average Bonchev–Trinajstić information content (AvgIpc) is 3.04. The molecule has 0 spiro atoms. The highest BCUT2D eigenvalue weighted by atomic mass is 79.9. The van der Waals surface area contributed by atoms with Crippen LogP contribution in [0, 0.1) is 0 Å². The zero-order valence-electron chi connectivity index (χ0n) is 12.0. The monoisotopic (exact) mass is 378 g/mol. The summed E-state index contributed by atoms with van der Waals surface area (Å²) in [4.78, 5) is 18.9. The van der Waals surface area contributed by atoms with Crippen LogP contribution in [0.25, 0.3) is 0 Å². The van der Waals surface area contributed by atoms with Crippen molar-refractivity contribution >= 4 is 33.6 Å². The lowest BCUT2D eigenvalue weighted by molar-refractivity contribution is 0.0756. The fourth-order valence-corrected chi connectivity index (χ4v) is 3.97. The number of ether oxygens (including phenoxy) is 1. The van der Waals surface area contributed by atoms with Crippen molar-refractivity contribution in [2.45, 2.75) is 5.37 Å². The number of halogens is 1. The van der Waals surface area contributed by atoms with Crippen molar-refractivity contribution in [2.75, 3.05) is 19.4 Å². The van der Waals surface area contributed by atoms with Gasteiger partial charge in [0, 0.05) is 23.0 Å². The summed E-state index contributed by atoms with van der Waals surface area (Å²) in [7, 11) is 1.53. The molecule has 1 saturated heterocycles. The third kappa shape index (κ3) is 2.98. The van der Waals surface area contributed by atoms with Crippen molar-refractivity contribution in [1.82, 2.24) is 9.88 Å². The second-order valence-electron chi connectivity index (χ2n) is 4.83. The molecule has 0 N–H and O–H groups in total. The molecule has 3 rings (SSSR count). The smallest absolute Gasteiger partial charge is 0.260 e. The summed E-state index contributed by atoms with van der Waals surface area (Å²) >= 11 is 5.22. The molecule has 1 aromatic carbocycles. The summed E-state index contributed by atoms with van der Waals surface area (Å²) in [5.41, 5.74) is 1.64. The zero-order chi connectivity index (χ0) is 15.5. The van der Waals surface area contributed by atoms with Crippen LogP contribution in [0.3, 0.4) is 0 Å². The molecule has 2 aromatic rings. The lowest BCUT2D eigenvalue weighted by Crippen LogP contribution is -2.30. The van der Waals surface area contributed by atoms with Gasteiger partial charge in [-0.25, -0.2) is 4.98 Å². The summed E-state index contributed by atoms with van der Waals surface area (Å²) in [6.07, 6.45) is 1.63. The number of amides is 1. The van der Waals surface area contributed by atoms with Gasteiger partial charge >= 0.3 is 0 Å². The van der Waals surface area contributed by atoms with Crippen molar-refractivity contribution < 1.29 is 9.53 Å². The number of hydrogen-bond donors (Lipinski definition) is 0. The molecule has 1 amide bonds. The predicted molar refractivity (Wildman–Crippen MR) is 91.2 cm³/mol. The maximum atomic E-state index is 12.9. The van der Waals surface area contributed by atoms with Crippen LogP contribution in [-0.2, 0) is 0 Å². The molecule has 1 fully saturated rings. The van der Waals surface area contributed by atoms with Gasteiger partial charge in [-0.15, -0.1) is 11.8 Å². The minimum Gasteiger partial charge on any atom is -0.480 e. The SMILES string of the molecule is COc1ncccc1C(=O)N1CCSC1c1ccc(Br)cc1. The Balaban J connectivity index is 1.89. The van der Waals surface area contributed by atoms with E-state index in [1.165, 1.54) is 7.11 Å². The van der Waals surface area contributed by atoms with Crippen LogP contribution in [0.4, 0.5) is 0 Å². The van der Waals surface area contributed by atoms with Gasteiger partial charge in [-0.1, -0.05) is 28.1 Å². The normalized spacial score (nSPS) is 17.5. The number of methoxy groups -OCH3 is 1. The zero-order valence-corrected chi connectivity index (χ0v) is 14.4. The van der Waals surface area contributed by atoms with E-state index in [0.29, 0.717) is 11.4 Å². The molecule has 1 aliphatic heterocycles. The van der Waals surface area contributed by atoms with Crippen molar-refractivity contribution in [3.05, 3.63) is 58.2 Å². The molecule has 4 nitrogen and oxygen atoms in total. The molecular formula is C16H15BrN2O2S. The molecule has 1 unspecified atom stereocenters. The molecule has 114 valence electrons. The molecule has 1 atom stereocenters. The highest BCUT2D eigenvalue weighted by molar-refractivity contribution is 9.10. The first-order valence-corrected chi connectivity index (χ1v) is 8.72. The van der Waals surface area contributed by atoms with Crippen LogP contribution in [0.1, 0.15) is 21.3 Å². The summed E-state index contributed by atoms with van der Waals surface area (Å²) in [6.45, 7) is 0.724. The number of rotatable bonds is 3. The Hall–Kier alpha value is -1.53. The van der Waals surface area contributed by atoms with E-state index in [4.69, 9.17) is 4.74 Å². The number of carbonyl (C=O) groups excluding carboxylic acids is 1. The van der Waals surface area contributed by atoms with Gasteiger partial charge < -0.3 is 9.64 Å². The number of pyridine rings is 1. The fourth-order valence-electron chi connectivity index (χ4n) is 2.45. The molecule has 0 bridgehead atoms. The first-order chi connectivity index (χ1) is 10.7. The minimum atomic E-state index is -0.0390. The Labute approximate surface area is 142 Å². The van der Waals surface area contributed by atoms with Gasteiger partial charge in [-0.3, -0.25) is 4.79 Å². The number of carbonyl (C=O) groups is 1. The standard InChI is InChI=1S/C16H15BrN2O2S/c1-21-14-13(3-2-8-18-14)15(20)19-9-10-22-16(19)11-4-6-12(17)7-5-11/h2-8,16H,9-10H2,1H3. The first-order valence-electron chi connectivity index (χ1n) is 6.88. The van der Waals surface area contributed by atoms with E-state index in [0.717, 1.165) is 22.3 Å². The average molecular weight is 379 g/mol. The van der Waals surface area contributed by atoms with Gasteiger partial charge in [-0.05, 0) is 29.8 Å². The van der Waals surface area contributed by atoms with E-state index < -0.39 is 0 Å². The largest absolute Gasteiger partial charge is 0.480 e. The molecule has 6 heteroatoms. The van der Waals surface area contributed by atoms with Crippen LogP contribution < -0.4 is 4.74 Å². The quantitative estimate of drug-likeness (QED) is 0.815. The molecule has 0 aliphatic carbocycles. The second-order valence-corrected chi connectivity index (χ2v) is 6.94. The third-order valence-corrected chi connectivity index (χ3v) is 5.29. The molecule has 1 aromatic heterocycles. The summed E-state index contributed by atoms with van der Waals surface area (Å²) in [6, 6.07) is 11.6. The van der Waals surface area contributed by atoms with E-state index in [1.807, 2.05) is 29.2 Å². The van der Waals surface area contributed by atoms with Gasteiger partial charge in [0.15, 0.2) is 0 Å². The van der Waals surface area contributed by atoms with Crippen LogP contribution in [0.15, 0.2) is 47.1 Å². The Morgan fingerprint density at radius 3 is 2.86 bits per heavy atom. The molecule has 0 saturated carbocycles.